The zero-order valence-electron chi connectivity index (χ0n) is 7.75. The first-order chi connectivity index (χ1) is 5.72. The third kappa shape index (κ3) is 5.43. The van der Waals surface area contributed by atoms with Crippen LogP contribution in [0.5, 0.6) is 0 Å². The lowest BCUT2D eigenvalue weighted by Crippen LogP contribution is -2.30. The minimum absolute atomic E-state index is 0.129. The molecule has 0 aromatic rings. The number of thiol groups is 1. The molecule has 0 rings (SSSR count). The van der Waals surface area contributed by atoms with Crippen molar-refractivity contribution in [3.05, 3.63) is 0 Å². The molecule has 0 saturated carbocycles. The Hall–Kier alpha value is -0.220. The molecule has 72 valence electrons. The molecule has 0 radical (unpaired) electrons. The summed E-state index contributed by atoms with van der Waals surface area (Å²) in [5, 5.41) is 0. The number of nitrogens with zero attached hydrogens (tertiary/aromatic N) is 1. The number of rotatable bonds is 6. The van der Waals surface area contributed by atoms with Crippen LogP contribution in [-0.2, 0) is 9.53 Å². The molecule has 0 N–H and O–H groups in total. The van der Waals surface area contributed by atoms with Crippen LogP contribution in [0.3, 0.4) is 0 Å². The third-order valence-electron chi connectivity index (χ3n) is 1.53. The quantitative estimate of drug-likeness (QED) is 0.497. The van der Waals surface area contributed by atoms with Crippen LogP contribution in [0.15, 0.2) is 0 Å². The predicted octanol–water partition coefficient (Wildman–Crippen LogP) is 0.801. The average molecular weight is 191 g/mol. The lowest BCUT2D eigenvalue weighted by atomic mass is 10.4. The van der Waals surface area contributed by atoms with Crippen LogP contribution in [0, 0.1) is 0 Å². The lowest BCUT2D eigenvalue weighted by molar-refractivity contribution is -0.130. The van der Waals surface area contributed by atoms with Gasteiger partial charge in [0.2, 0.25) is 5.91 Å². The van der Waals surface area contributed by atoms with Gasteiger partial charge in [0.1, 0.15) is 0 Å². The molecule has 0 bridgehead atoms. The molecular formula is C8H17NO2S. The van der Waals surface area contributed by atoms with Crippen LogP contribution in [0.1, 0.15) is 13.3 Å². The van der Waals surface area contributed by atoms with Crippen molar-refractivity contribution in [1.29, 1.82) is 0 Å². The molecule has 0 aliphatic rings. The Labute approximate surface area is 79.5 Å². The van der Waals surface area contributed by atoms with E-state index in [0.29, 0.717) is 31.9 Å². The van der Waals surface area contributed by atoms with E-state index < -0.39 is 0 Å². The van der Waals surface area contributed by atoms with E-state index in [1.807, 2.05) is 6.92 Å². The fourth-order valence-corrected chi connectivity index (χ4v) is 0.948. The van der Waals surface area contributed by atoms with Crippen LogP contribution >= 0.6 is 12.6 Å². The number of ether oxygens (including phenoxy) is 1. The summed E-state index contributed by atoms with van der Waals surface area (Å²) in [6.45, 7) is 3.93. The molecule has 0 heterocycles. The molecule has 0 unspecified atom stereocenters. The van der Waals surface area contributed by atoms with Crippen LogP contribution in [-0.4, -0.2) is 43.4 Å². The van der Waals surface area contributed by atoms with E-state index in [1.165, 1.54) is 0 Å². The standard InChI is InChI=1S/C8H17NO2S/c1-3-11-6-5-9(2)8(10)4-7-12/h12H,3-7H2,1-2H3. The number of amides is 1. The summed E-state index contributed by atoms with van der Waals surface area (Å²) in [6.07, 6.45) is 0.506. The van der Waals surface area contributed by atoms with E-state index in [0.717, 1.165) is 0 Å². The van der Waals surface area contributed by atoms with Crippen molar-refractivity contribution in [2.24, 2.45) is 0 Å². The fourth-order valence-electron chi connectivity index (χ4n) is 0.757. The second-order valence-electron chi connectivity index (χ2n) is 2.49. The Balaban J connectivity index is 3.42. The van der Waals surface area contributed by atoms with Crippen molar-refractivity contribution in [2.75, 3.05) is 32.6 Å². The summed E-state index contributed by atoms with van der Waals surface area (Å²) in [7, 11) is 1.78. The Bertz CT molecular complexity index is 130. The molecule has 0 spiro atoms. The maximum absolute atomic E-state index is 11.2. The number of carbonyl (C=O) groups excluding carboxylic acids is 1. The van der Waals surface area contributed by atoms with Gasteiger partial charge in [0.05, 0.1) is 6.61 Å². The average Bonchev–Trinajstić information content (AvgIpc) is 2.05. The molecular weight excluding hydrogens is 174 g/mol. The Morgan fingerprint density at radius 3 is 2.75 bits per heavy atom. The Morgan fingerprint density at radius 2 is 2.25 bits per heavy atom. The first kappa shape index (κ1) is 11.8. The van der Waals surface area contributed by atoms with Crippen LogP contribution in [0.2, 0.25) is 0 Å². The zero-order chi connectivity index (χ0) is 9.40. The summed E-state index contributed by atoms with van der Waals surface area (Å²) in [5.74, 6) is 0.738. The van der Waals surface area contributed by atoms with E-state index in [-0.39, 0.29) is 5.91 Å². The van der Waals surface area contributed by atoms with E-state index in [2.05, 4.69) is 12.6 Å². The molecule has 12 heavy (non-hydrogen) atoms. The van der Waals surface area contributed by atoms with E-state index in [9.17, 15) is 4.79 Å². The Kier molecular flexibility index (Phi) is 7.29. The molecule has 0 atom stereocenters. The van der Waals surface area contributed by atoms with Gasteiger partial charge in [0.25, 0.3) is 0 Å². The number of likely N-dealkylation sites (N-methyl/N-ethyl adjacent to an activating group) is 1. The van der Waals surface area contributed by atoms with Crippen LogP contribution in [0.25, 0.3) is 0 Å². The fraction of sp³-hybridized carbons (Fsp3) is 0.875. The predicted molar refractivity (Wildman–Crippen MR) is 52.6 cm³/mol. The van der Waals surface area contributed by atoms with Gasteiger partial charge in [-0.25, -0.2) is 0 Å². The zero-order valence-corrected chi connectivity index (χ0v) is 8.64. The van der Waals surface area contributed by atoms with Gasteiger partial charge in [-0.2, -0.15) is 12.6 Å². The molecule has 0 aliphatic heterocycles. The van der Waals surface area contributed by atoms with Gasteiger partial charge in [0, 0.05) is 26.6 Å². The SMILES string of the molecule is CCOCCN(C)C(=O)CCS. The second-order valence-corrected chi connectivity index (χ2v) is 2.93. The molecule has 4 heteroatoms. The normalized spacial score (nSPS) is 9.92. The first-order valence-corrected chi connectivity index (χ1v) is 4.78. The summed E-state index contributed by atoms with van der Waals surface area (Å²) in [5.41, 5.74) is 0. The van der Waals surface area contributed by atoms with Gasteiger partial charge in [-0.05, 0) is 12.7 Å². The van der Waals surface area contributed by atoms with Crippen molar-refractivity contribution in [3.8, 4) is 0 Å². The second kappa shape index (κ2) is 7.43. The molecule has 3 nitrogen and oxygen atoms in total. The highest BCUT2D eigenvalue weighted by Gasteiger charge is 2.05. The van der Waals surface area contributed by atoms with E-state index >= 15 is 0 Å². The highest BCUT2D eigenvalue weighted by molar-refractivity contribution is 7.80. The number of hydrogen-bond acceptors (Lipinski definition) is 3. The van der Waals surface area contributed by atoms with E-state index in [1.54, 1.807) is 11.9 Å². The van der Waals surface area contributed by atoms with Crippen molar-refractivity contribution in [1.82, 2.24) is 4.90 Å². The maximum atomic E-state index is 11.2. The van der Waals surface area contributed by atoms with Crippen molar-refractivity contribution in [2.45, 2.75) is 13.3 Å². The van der Waals surface area contributed by atoms with Gasteiger partial charge in [0.15, 0.2) is 0 Å². The third-order valence-corrected chi connectivity index (χ3v) is 1.75. The van der Waals surface area contributed by atoms with Crippen molar-refractivity contribution in [3.63, 3.8) is 0 Å². The highest BCUT2D eigenvalue weighted by atomic mass is 32.1. The Morgan fingerprint density at radius 1 is 1.58 bits per heavy atom. The molecule has 0 aliphatic carbocycles. The highest BCUT2D eigenvalue weighted by Crippen LogP contribution is 1.92. The van der Waals surface area contributed by atoms with E-state index in [4.69, 9.17) is 4.74 Å². The van der Waals surface area contributed by atoms with Gasteiger partial charge >= 0.3 is 0 Å². The smallest absolute Gasteiger partial charge is 0.223 e. The summed E-state index contributed by atoms with van der Waals surface area (Å²) in [4.78, 5) is 12.8. The largest absolute Gasteiger partial charge is 0.380 e. The van der Waals surface area contributed by atoms with Crippen molar-refractivity contribution >= 4 is 18.5 Å². The summed E-state index contributed by atoms with van der Waals surface area (Å²) < 4.78 is 5.12. The molecule has 0 aromatic heterocycles. The number of hydrogen-bond donors (Lipinski definition) is 1. The van der Waals surface area contributed by atoms with Gasteiger partial charge in [-0.3, -0.25) is 4.79 Å². The molecule has 0 fully saturated rings. The first-order valence-electron chi connectivity index (χ1n) is 4.15. The van der Waals surface area contributed by atoms with Crippen molar-refractivity contribution < 1.29 is 9.53 Å². The minimum atomic E-state index is 0.129. The van der Waals surface area contributed by atoms with Gasteiger partial charge in [-0.15, -0.1) is 0 Å². The molecule has 0 saturated heterocycles. The topological polar surface area (TPSA) is 29.5 Å². The summed E-state index contributed by atoms with van der Waals surface area (Å²) >= 11 is 3.99. The molecule has 1 amide bonds. The lowest BCUT2D eigenvalue weighted by Gasteiger charge is -2.16. The molecule has 0 aromatic carbocycles. The van der Waals surface area contributed by atoms with Gasteiger partial charge < -0.3 is 9.64 Å². The van der Waals surface area contributed by atoms with Crippen LogP contribution in [0.4, 0.5) is 0 Å². The van der Waals surface area contributed by atoms with Gasteiger partial charge in [-0.1, -0.05) is 0 Å². The van der Waals surface area contributed by atoms with Crippen LogP contribution < -0.4 is 0 Å². The summed E-state index contributed by atoms with van der Waals surface area (Å²) in [6, 6.07) is 0. The monoisotopic (exact) mass is 191 g/mol. The number of carbonyl (C=O) groups is 1. The maximum Gasteiger partial charge on any atom is 0.223 e. The minimum Gasteiger partial charge on any atom is -0.380 e.